The highest BCUT2D eigenvalue weighted by Gasteiger charge is 2.11. The van der Waals surface area contributed by atoms with Crippen LogP contribution < -0.4 is 4.57 Å². The predicted octanol–water partition coefficient (Wildman–Crippen LogP) is 1.89. The van der Waals surface area contributed by atoms with E-state index in [1.165, 1.54) is 12.8 Å². The summed E-state index contributed by atoms with van der Waals surface area (Å²) in [7, 11) is 0. The van der Waals surface area contributed by atoms with Crippen molar-refractivity contribution in [3.05, 3.63) is 30.1 Å². The minimum atomic E-state index is -0.248. The summed E-state index contributed by atoms with van der Waals surface area (Å²) in [6, 6.07) is 5.67. The molecule has 0 saturated heterocycles. The number of hydrogen-bond acceptors (Lipinski definition) is 2. The molecule has 3 heteroatoms. The summed E-state index contributed by atoms with van der Waals surface area (Å²) in [5.41, 5.74) is 0.956. The van der Waals surface area contributed by atoms with Gasteiger partial charge >= 0.3 is 6.41 Å². The van der Waals surface area contributed by atoms with Crippen LogP contribution in [0.3, 0.4) is 0 Å². The molecule has 0 aromatic carbocycles. The molecule has 0 spiro atoms. The zero-order valence-electron chi connectivity index (χ0n) is 10.5. The minimum absolute atomic E-state index is 0.248. The number of carbonyl (C=O) groups is 1. The summed E-state index contributed by atoms with van der Waals surface area (Å²) >= 11 is 0. The van der Waals surface area contributed by atoms with E-state index in [0.717, 1.165) is 37.8 Å². The summed E-state index contributed by atoms with van der Waals surface area (Å²) in [5, 5.41) is 9.80. The van der Waals surface area contributed by atoms with E-state index in [2.05, 4.69) is 6.92 Å². The molecule has 0 aliphatic heterocycles. The molecule has 17 heavy (non-hydrogen) atoms. The van der Waals surface area contributed by atoms with Crippen molar-refractivity contribution in [2.24, 2.45) is 0 Å². The zero-order chi connectivity index (χ0) is 12.5. The van der Waals surface area contributed by atoms with Crippen LogP contribution in [0.4, 0.5) is 0 Å². The van der Waals surface area contributed by atoms with Crippen molar-refractivity contribution in [2.45, 2.75) is 51.6 Å². The van der Waals surface area contributed by atoms with Gasteiger partial charge in [0.2, 0.25) is 0 Å². The Labute approximate surface area is 103 Å². The van der Waals surface area contributed by atoms with Crippen LogP contribution >= 0.6 is 0 Å². The van der Waals surface area contributed by atoms with Gasteiger partial charge in [0.15, 0.2) is 11.9 Å². The second-order valence-electron chi connectivity index (χ2n) is 4.39. The van der Waals surface area contributed by atoms with Crippen LogP contribution in [-0.4, -0.2) is 17.6 Å². The largest absolute Gasteiger partial charge is 0.393 e. The van der Waals surface area contributed by atoms with Gasteiger partial charge < -0.3 is 5.11 Å². The molecule has 1 rings (SSSR count). The molecule has 1 aromatic heterocycles. The number of aromatic nitrogens is 1. The first-order chi connectivity index (χ1) is 8.27. The fourth-order valence-electron chi connectivity index (χ4n) is 1.89. The van der Waals surface area contributed by atoms with Crippen LogP contribution in [0.2, 0.25) is 0 Å². The summed E-state index contributed by atoms with van der Waals surface area (Å²) in [4.78, 5) is 10.8. The molecular weight excluding hydrogens is 214 g/mol. The van der Waals surface area contributed by atoms with E-state index in [4.69, 9.17) is 0 Å². The minimum Gasteiger partial charge on any atom is -0.393 e. The lowest BCUT2D eigenvalue weighted by Gasteiger charge is -2.08. The van der Waals surface area contributed by atoms with Crippen LogP contribution in [0.1, 0.15) is 44.7 Å². The molecule has 0 radical (unpaired) electrons. The van der Waals surface area contributed by atoms with Gasteiger partial charge in [0, 0.05) is 18.6 Å². The average Bonchev–Trinajstić information content (AvgIpc) is 2.37. The number of aryl methyl sites for hydroxylation is 1. The van der Waals surface area contributed by atoms with E-state index in [0.29, 0.717) is 0 Å². The van der Waals surface area contributed by atoms with Gasteiger partial charge in [0.25, 0.3) is 0 Å². The van der Waals surface area contributed by atoms with Crippen LogP contribution in [-0.2, 0) is 11.2 Å². The van der Waals surface area contributed by atoms with Crippen molar-refractivity contribution in [2.75, 3.05) is 0 Å². The van der Waals surface area contributed by atoms with Gasteiger partial charge in [-0.1, -0.05) is 32.3 Å². The molecule has 94 valence electrons. The molecule has 0 amide bonds. The summed E-state index contributed by atoms with van der Waals surface area (Å²) < 4.78 is 1.57. The number of aliphatic hydroxyl groups excluding tert-OH is 1. The van der Waals surface area contributed by atoms with E-state index in [1.807, 2.05) is 18.2 Å². The Bertz CT molecular complexity index is 339. The fourth-order valence-corrected chi connectivity index (χ4v) is 1.89. The van der Waals surface area contributed by atoms with Crippen molar-refractivity contribution in [3.8, 4) is 0 Å². The van der Waals surface area contributed by atoms with Crippen LogP contribution in [0.15, 0.2) is 24.4 Å². The number of carbonyl (C=O) groups excluding carboxylic acids is 1. The number of hydrogen-bond donors (Lipinski definition) is 1. The first kappa shape index (κ1) is 13.8. The highest BCUT2D eigenvalue weighted by atomic mass is 16.3. The quantitative estimate of drug-likeness (QED) is 0.425. The van der Waals surface area contributed by atoms with Crippen LogP contribution in [0.5, 0.6) is 0 Å². The van der Waals surface area contributed by atoms with Gasteiger partial charge in [-0.2, -0.15) is 0 Å². The van der Waals surface area contributed by atoms with Gasteiger partial charge in [-0.25, -0.2) is 4.79 Å². The normalized spacial score (nSPS) is 12.4. The Kier molecular flexibility index (Phi) is 6.48. The Morgan fingerprint density at radius 3 is 2.88 bits per heavy atom. The number of pyridine rings is 1. The Balaban J connectivity index is 2.36. The zero-order valence-corrected chi connectivity index (χ0v) is 10.5. The average molecular weight is 236 g/mol. The van der Waals surface area contributed by atoms with Crippen molar-refractivity contribution < 1.29 is 14.5 Å². The Hall–Kier alpha value is -1.22. The summed E-state index contributed by atoms with van der Waals surface area (Å²) in [6.07, 6.45) is 8.07. The second-order valence-corrected chi connectivity index (χ2v) is 4.39. The molecule has 1 heterocycles. The molecule has 0 aliphatic carbocycles. The number of rotatable bonds is 8. The maximum Gasteiger partial charge on any atom is 0.380 e. The molecule has 0 saturated carbocycles. The van der Waals surface area contributed by atoms with E-state index >= 15 is 0 Å². The molecule has 1 N–H and O–H groups in total. The summed E-state index contributed by atoms with van der Waals surface area (Å²) in [5.74, 6) is 0. The molecule has 1 aromatic rings. The van der Waals surface area contributed by atoms with E-state index in [9.17, 15) is 9.90 Å². The Morgan fingerprint density at radius 1 is 1.35 bits per heavy atom. The topological polar surface area (TPSA) is 41.2 Å². The third-order valence-electron chi connectivity index (χ3n) is 2.97. The van der Waals surface area contributed by atoms with E-state index in [-0.39, 0.29) is 6.10 Å². The van der Waals surface area contributed by atoms with Crippen molar-refractivity contribution in [1.82, 2.24) is 0 Å². The Morgan fingerprint density at radius 2 is 2.18 bits per heavy atom. The monoisotopic (exact) mass is 236 g/mol. The third-order valence-corrected chi connectivity index (χ3v) is 2.97. The number of aliphatic hydroxyl groups is 1. The van der Waals surface area contributed by atoms with E-state index in [1.54, 1.807) is 10.8 Å². The third kappa shape index (κ3) is 5.09. The van der Waals surface area contributed by atoms with Gasteiger partial charge in [-0.3, -0.25) is 0 Å². The standard InChI is InChI=1S/C14H22NO2/c1-2-3-4-8-14(17)10-9-13-7-5-6-11-15(13)12-16/h5-7,11-12,14,17H,2-4,8-10H2,1H3/q+1. The van der Waals surface area contributed by atoms with Crippen molar-refractivity contribution in [3.63, 3.8) is 0 Å². The molecule has 0 fully saturated rings. The smallest absolute Gasteiger partial charge is 0.380 e. The van der Waals surface area contributed by atoms with Gasteiger partial charge in [0.05, 0.1) is 6.10 Å². The summed E-state index contributed by atoms with van der Waals surface area (Å²) in [6.45, 7) is 2.16. The number of unbranched alkanes of at least 4 members (excludes halogenated alkanes) is 2. The fraction of sp³-hybridized carbons (Fsp3) is 0.571. The lowest BCUT2D eigenvalue weighted by molar-refractivity contribution is -0.562. The van der Waals surface area contributed by atoms with Crippen LogP contribution in [0.25, 0.3) is 0 Å². The van der Waals surface area contributed by atoms with Gasteiger partial charge in [-0.05, 0) is 12.8 Å². The molecule has 0 aliphatic rings. The van der Waals surface area contributed by atoms with Gasteiger partial charge in [-0.15, -0.1) is 4.57 Å². The molecule has 3 nitrogen and oxygen atoms in total. The lowest BCUT2D eigenvalue weighted by atomic mass is 10.0. The van der Waals surface area contributed by atoms with Crippen LogP contribution in [0, 0.1) is 0 Å². The second kappa shape index (κ2) is 7.96. The van der Waals surface area contributed by atoms with Crippen molar-refractivity contribution >= 4 is 6.41 Å². The maximum absolute atomic E-state index is 10.8. The molecule has 1 unspecified atom stereocenters. The highest BCUT2D eigenvalue weighted by molar-refractivity contribution is 5.35. The number of nitrogens with zero attached hydrogens (tertiary/aromatic N) is 1. The molecule has 0 bridgehead atoms. The van der Waals surface area contributed by atoms with E-state index < -0.39 is 0 Å². The first-order valence-corrected chi connectivity index (χ1v) is 6.40. The first-order valence-electron chi connectivity index (χ1n) is 6.40. The molecular formula is C14H22NO2+. The maximum atomic E-state index is 10.8. The lowest BCUT2D eigenvalue weighted by Crippen LogP contribution is -2.37. The highest BCUT2D eigenvalue weighted by Crippen LogP contribution is 2.08. The van der Waals surface area contributed by atoms with Gasteiger partial charge in [0.1, 0.15) is 0 Å². The van der Waals surface area contributed by atoms with Crippen molar-refractivity contribution in [1.29, 1.82) is 0 Å². The SMILES string of the molecule is CCCCCC(O)CCc1cccc[n+]1C=O. The predicted molar refractivity (Wildman–Crippen MR) is 67.3 cm³/mol. The molecule has 1 atom stereocenters.